The third-order valence-corrected chi connectivity index (χ3v) is 6.31. The predicted molar refractivity (Wildman–Crippen MR) is 104 cm³/mol. The summed E-state index contributed by atoms with van der Waals surface area (Å²) in [5, 5.41) is 3.89. The maximum atomic E-state index is 13.1. The first-order valence-electron chi connectivity index (χ1n) is 9.85. The van der Waals surface area contributed by atoms with Crippen LogP contribution in [-0.2, 0) is 16.1 Å². The summed E-state index contributed by atoms with van der Waals surface area (Å²) in [6.07, 6.45) is 9.21. The molecule has 1 saturated carbocycles. The van der Waals surface area contributed by atoms with Crippen molar-refractivity contribution in [3.05, 3.63) is 34.9 Å². The van der Waals surface area contributed by atoms with Gasteiger partial charge in [0.15, 0.2) is 0 Å². The normalized spacial score (nSPS) is 25.0. The standard InChI is InChI=1S/C21H29ClN2O2/c1-21(20(26)23-17-10-5-3-2-4-6-11-17)14-13-19(25)24(21)15-16-9-7-8-12-18(16)22/h7-9,12,17H,2-6,10-11,13-15H2,1H3,(H,23,26). The highest BCUT2D eigenvalue weighted by Gasteiger charge is 2.47. The second-order valence-corrected chi connectivity index (χ2v) is 8.27. The molecule has 2 aliphatic rings. The molecule has 0 bridgehead atoms. The van der Waals surface area contributed by atoms with E-state index in [1.54, 1.807) is 4.90 Å². The zero-order valence-electron chi connectivity index (χ0n) is 15.6. The fourth-order valence-corrected chi connectivity index (χ4v) is 4.33. The summed E-state index contributed by atoms with van der Waals surface area (Å²) in [6.45, 7) is 2.28. The fraction of sp³-hybridized carbons (Fsp3) is 0.619. The van der Waals surface area contributed by atoms with Gasteiger partial charge in [-0.15, -0.1) is 0 Å². The Kier molecular flexibility index (Phi) is 6.23. The minimum atomic E-state index is -0.793. The van der Waals surface area contributed by atoms with Crippen LogP contribution in [0, 0.1) is 0 Å². The van der Waals surface area contributed by atoms with E-state index in [0.29, 0.717) is 24.4 Å². The Morgan fingerprint density at radius 1 is 1.19 bits per heavy atom. The van der Waals surface area contributed by atoms with Gasteiger partial charge in [0.25, 0.3) is 0 Å². The van der Waals surface area contributed by atoms with E-state index in [0.717, 1.165) is 18.4 Å². The lowest BCUT2D eigenvalue weighted by Gasteiger charge is -2.36. The number of amides is 2. The van der Waals surface area contributed by atoms with Gasteiger partial charge in [0.2, 0.25) is 11.8 Å². The van der Waals surface area contributed by atoms with E-state index in [4.69, 9.17) is 11.6 Å². The van der Waals surface area contributed by atoms with E-state index in [9.17, 15) is 9.59 Å². The number of hydrogen-bond acceptors (Lipinski definition) is 2. The number of likely N-dealkylation sites (tertiary alicyclic amines) is 1. The van der Waals surface area contributed by atoms with Crippen LogP contribution in [0.4, 0.5) is 0 Å². The van der Waals surface area contributed by atoms with Gasteiger partial charge in [-0.3, -0.25) is 9.59 Å². The van der Waals surface area contributed by atoms with Gasteiger partial charge in [-0.1, -0.05) is 61.9 Å². The summed E-state index contributed by atoms with van der Waals surface area (Å²) in [5.41, 5.74) is 0.0907. The molecule has 5 heteroatoms. The van der Waals surface area contributed by atoms with Gasteiger partial charge in [0, 0.05) is 24.0 Å². The second-order valence-electron chi connectivity index (χ2n) is 7.86. The highest BCUT2D eigenvalue weighted by Crippen LogP contribution is 2.33. The third-order valence-electron chi connectivity index (χ3n) is 5.94. The summed E-state index contributed by atoms with van der Waals surface area (Å²) in [5.74, 6) is 0.0150. The van der Waals surface area contributed by atoms with Crippen LogP contribution in [0.25, 0.3) is 0 Å². The molecule has 1 saturated heterocycles. The van der Waals surface area contributed by atoms with E-state index >= 15 is 0 Å². The molecule has 1 aliphatic carbocycles. The molecule has 1 atom stereocenters. The highest BCUT2D eigenvalue weighted by atomic mass is 35.5. The number of nitrogens with zero attached hydrogens (tertiary/aromatic N) is 1. The zero-order chi connectivity index (χ0) is 18.6. The monoisotopic (exact) mass is 376 g/mol. The lowest BCUT2D eigenvalue weighted by molar-refractivity contribution is -0.141. The summed E-state index contributed by atoms with van der Waals surface area (Å²) in [4.78, 5) is 27.3. The van der Waals surface area contributed by atoms with Crippen molar-refractivity contribution in [2.45, 2.75) is 82.8 Å². The SMILES string of the molecule is CC1(C(=O)NC2CCCCCCC2)CCC(=O)N1Cc1ccccc1Cl. The topological polar surface area (TPSA) is 49.4 Å². The van der Waals surface area contributed by atoms with Crippen molar-refractivity contribution in [3.63, 3.8) is 0 Å². The predicted octanol–water partition coefficient (Wildman–Crippen LogP) is 4.45. The number of nitrogens with one attached hydrogen (secondary N) is 1. The van der Waals surface area contributed by atoms with Crippen LogP contribution in [0.15, 0.2) is 24.3 Å². The van der Waals surface area contributed by atoms with Crippen LogP contribution in [0.2, 0.25) is 5.02 Å². The van der Waals surface area contributed by atoms with Crippen LogP contribution in [0.1, 0.15) is 70.3 Å². The van der Waals surface area contributed by atoms with E-state index in [1.165, 1.54) is 32.1 Å². The van der Waals surface area contributed by atoms with Crippen LogP contribution >= 0.6 is 11.6 Å². The maximum absolute atomic E-state index is 13.1. The van der Waals surface area contributed by atoms with Crippen molar-refractivity contribution in [3.8, 4) is 0 Å². The first-order chi connectivity index (χ1) is 12.5. The molecule has 1 aromatic rings. The lowest BCUT2D eigenvalue weighted by Crippen LogP contribution is -2.56. The van der Waals surface area contributed by atoms with Gasteiger partial charge in [0.1, 0.15) is 5.54 Å². The van der Waals surface area contributed by atoms with Crippen LogP contribution in [-0.4, -0.2) is 28.3 Å². The van der Waals surface area contributed by atoms with E-state index in [-0.39, 0.29) is 17.9 Å². The molecule has 142 valence electrons. The zero-order valence-corrected chi connectivity index (χ0v) is 16.4. The van der Waals surface area contributed by atoms with Crippen molar-refractivity contribution >= 4 is 23.4 Å². The van der Waals surface area contributed by atoms with Gasteiger partial charge in [0.05, 0.1) is 0 Å². The van der Waals surface area contributed by atoms with Crippen LogP contribution < -0.4 is 5.32 Å². The molecule has 1 aromatic carbocycles. The number of halogens is 1. The smallest absolute Gasteiger partial charge is 0.245 e. The number of carbonyl (C=O) groups excluding carboxylic acids is 2. The van der Waals surface area contributed by atoms with Crippen molar-refractivity contribution in [2.24, 2.45) is 0 Å². The number of hydrogen-bond donors (Lipinski definition) is 1. The van der Waals surface area contributed by atoms with Gasteiger partial charge in [-0.2, -0.15) is 0 Å². The minimum absolute atomic E-state index is 0.0130. The molecule has 1 heterocycles. The van der Waals surface area contributed by atoms with Crippen molar-refractivity contribution < 1.29 is 9.59 Å². The molecule has 2 fully saturated rings. The second kappa shape index (κ2) is 8.43. The largest absolute Gasteiger partial charge is 0.351 e. The molecule has 3 rings (SSSR count). The van der Waals surface area contributed by atoms with Gasteiger partial charge < -0.3 is 10.2 Å². The van der Waals surface area contributed by atoms with Crippen molar-refractivity contribution in [1.29, 1.82) is 0 Å². The minimum Gasteiger partial charge on any atom is -0.351 e. The summed E-state index contributed by atoms with van der Waals surface area (Å²) < 4.78 is 0. The van der Waals surface area contributed by atoms with E-state index in [1.807, 2.05) is 31.2 Å². The fourth-order valence-electron chi connectivity index (χ4n) is 4.13. The van der Waals surface area contributed by atoms with Crippen molar-refractivity contribution in [1.82, 2.24) is 10.2 Å². The Hall–Kier alpha value is -1.55. The summed E-state index contributed by atoms with van der Waals surface area (Å²) in [7, 11) is 0. The molecule has 0 radical (unpaired) electrons. The molecule has 1 N–H and O–H groups in total. The Morgan fingerprint density at radius 2 is 1.85 bits per heavy atom. The quantitative estimate of drug-likeness (QED) is 0.843. The van der Waals surface area contributed by atoms with E-state index in [2.05, 4.69) is 5.32 Å². The Bertz CT molecular complexity index is 655. The Morgan fingerprint density at radius 3 is 2.54 bits per heavy atom. The summed E-state index contributed by atoms with van der Waals surface area (Å²) in [6, 6.07) is 7.76. The Labute approximate surface area is 161 Å². The molecule has 2 amide bonds. The Balaban J connectivity index is 1.71. The number of rotatable bonds is 4. The number of carbonyl (C=O) groups is 2. The average Bonchev–Trinajstić information content (AvgIpc) is 2.88. The van der Waals surface area contributed by atoms with Crippen LogP contribution in [0.3, 0.4) is 0 Å². The first kappa shape index (κ1) is 19.2. The molecule has 26 heavy (non-hydrogen) atoms. The average molecular weight is 377 g/mol. The highest BCUT2D eigenvalue weighted by molar-refractivity contribution is 6.31. The van der Waals surface area contributed by atoms with Gasteiger partial charge >= 0.3 is 0 Å². The lowest BCUT2D eigenvalue weighted by atomic mass is 9.93. The van der Waals surface area contributed by atoms with Gasteiger partial charge in [-0.25, -0.2) is 0 Å². The van der Waals surface area contributed by atoms with Crippen LogP contribution in [0.5, 0.6) is 0 Å². The molecular formula is C21H29ClN2O2. The molecule has 0 spiro atoms. The number of benzene rings is 1. The third kappa shape index (κ3) is 4.22. The summed E-state index contributed by atoms with van der Waals surface area (Å²) >= 11 is 6.27. The molecular weight excluding hydrogens is 348 g/mol. The molecule has 1 unspecified atom stereocenters. The van der Waals surface area contributed by atoms with E-state index < -0.39 is 5.54 Å². The molecule has 0 aromatic heterocycles. The molecule has 4 nitrogen and oxygen atoms in total. The maximum Gasteiger partial charge on any atom is 0.245 e. The van der Waals surface area contributed by atoms with Gasteiger partial charge in [-0.05, 0) is 37.8 Å². The molecule has 1 aliphatic heterocycles. The first-order valence-corrected chi connectivity index (χ1v) is 10.2. The van der Waals surface area contributed by atoms with Crippen molar-refractivity contribution in [2.75, 3.05) is 0 Å².